The minimum absolute atomic E-state index is 0.465. The highest BCUT2D eigenvalue weighted by molar-refractivity contribution is 5.58. The van der Waals surface area contributed by atoms with E-state index in [0.717, 1.165) is 22.5 Å². The van der Waals surface area contributed by atoms with Crippen LogP contribution in [-0.2, 0) is 0 Å². The normalized spacial score (nSPS) is 12.1. The van der Waals surface area contributed by atoms with Crippen LogP contribution in [0.3, 0.4) is 0 Å². The number of nitrogens with one attached hydrogen (secondary N) is 1. The summed E-state index contributed by atoms with van der Waals surface area (Å²) in [6.07, 6.45) is -0.520. The molecule has 0 radical (unpaired) electrons. The molecule has 0 fully saturated rings. The first kappa shape index (κ1) is 12.5. The van der Waals surface area contributed by atoms with Gasteiger partial charge in [0.05, 0.1) is 6.10 Å². The van der Waals surface area contributed by atoms with Crippen LogP contribution in [0.15, 0.2) is 48.5 Å². The molecule has 0 heterocycles. The molecule has 0 amide bonds. The van der Waals surface area contributed by atoms with Crippen LogP contribution in [0.4, 0.5) is 11.4 Å². The minimum atomic E-state index is -0.520. The minimum Gasteiger partial charge on any atom is -0.398 e. The summed E-state index contributed by atoms with van der Waals surface area (Å²) in [6.45, 7) is 2.43. The van der Waals surface area contributed by atoms with E-state index in [-0.39, 0.29) is 0 Å². The van der Waals surface area contributed by atoms with Crippen molar-refractivity contribution in [3.63, 3.8) is 0 Å². The summed E-state index contributed by atoms with van der Waals surface area (Å²) in [6, 6.07) is 15.4. The van der Waals surface area contributed by atoms with Gasteiger partial charge >= 0.3 is 0 Å². The van der Waals surface area contributed by atoms with Crippen molar-refractivity contribution >= 4 is 11.4 Å². The standard InChI is InChI=1S/C15H18N2O/c1-11-7-8-13(9-14(11)16)17-10-15(18)12-5-3-2-4-6-12/h2-9,15,17-18H,10,16H2,1H3. The Hall–Kier alpha value is -2.00. The summed E-state index contributed by atoms with van der Waals surface area (Å²) in [5.41, 5.74) is 9.49. The lowest BCUT2D eigenvalue weighted by atomic mass is 10.1. The maximum atomic E-state index is 10.0. The molecule has 4 N–H and O–H groups in total. The third-order valence-electron chi connectivity index (χ3n) is 2.96. The predicted octanol–water partition coefficient (Wildman–Crippen LogP) is 2.72. The number of aliphatic hydroxyl groups is 1. The van der Waals surface area contributed by atoms with E-state index in [1.165, 1.54) is 0 Å². The van der Waals surface area contributed by atoms with Crippen LogP contribution in [0.1, 0.15) is 17.2 Å². The van der Waals surface area contributed by atoms with Crippen LogP contribution in [0.25, 0.3) is 0 Å². The van der Waals surface area contributed by atoms with Crippen LogP contribution in [0, 0.1) is 6.92 Å². The molecule has 0 saturated carbocycles. The van der Waals surface area contributed by atoms with Crippen molar-refractivity contribution in [2.75, 3.05) is 17.6 Å². The molecule has 1 unspecified atom stereocenters. The van der Waals surface area contributed by atoms with Crippen LogP contribution < -0.4 is 11.1 Å². The van der Waals surface area contributed by atoms with Gasteiger partial charge in [-0.05, 0) is 30.2 Å². The van der Waals surface area contributed by atoms with Crippen molar-refractivity contribution in [3.05, 3.63) is 59.7 Å². The molecule has 2 aromatic rings. The molecule has 0 aliphatic rings. The Bertz CT molecular complexity index is 511. The van der Waals surface area contributed by atoms with Gasteiger partial charge in [0, 0.05) is 17.9 Å². The molecule has 94 valence electrons. The molecule has 0 spiro atoms. The largest absolute Gasteiger partial charge is 0.398 e. The van der Waals surface area contributed by atoms with Crippen molar-refractivity contribution in [1.82, 2.24) is 0 Å². The third kappa shape index (κ3) is 3.02. The Balaban J connectivity index is 1.97. The van der Waals surface area contributed by atoms with E-state index >= 15 is 0 Å². The van der Waals surface area contributed by atoms with Crippen LogP contribution in [0.2, 0.25) is 0 Å². The monoisotopic (exact) mass is 242 g/mol. The molecule has 0 saturated heterocycles. The second-order valence-corrected chi connectivity index (χ2v) is 4.38. The summed E-state index contributed by atoms with van der Waals surface area (Å²) < 4.78 is 0. The fourth-order valence-electron chi connectivity index (χ4n) is 1.76. The highest BCUT2D eigenvalue weighted by atomic mass is 16.3. The average molecular weight is 242 g/mol. The first-order valence-electron chi connectivity index (χ1n) is 6.00. The van der Waals surface area contributed by atoms with Crippen LogP contribution >= 0.6 is 0 Å². The molecule has 0 bridgehead atoms. The first-order chi connectivity index (χ1) is 8.66. The van der Waals surface area contributed by atoms with Gasteiger partial charge in [0.25, 0.3) is 0 Å². The van der Waals surface area contributed by atoms with Gasteiger partial charge in [-0.3, -0.25) is 0 Å². The topological polar surface area (TPSA) is 58.3 Å². The Morgan fingerprint density at radius 3 is 2.56 bits per heavy atom. The SMILES string of the molecule is Cc1ccc(NCC(O)c2ccccc2)cc1N. The average Bonchev–Trinajstić information content (AvgIpc) is 2.41. The van der Waals surface area contributed by atoms with Crippen molar-refractivity contribution in [2.24, 2.45) is 0 Å². The highest BCUT2D eigenvalue weighted by Crippen LogP contribution is 2.18. The van der Waals surface area contributed by atoms with Gasteiger partial charge in [-0.2, -0.15) is 0 Å². The molecular formula is C15H18N2O. The van der Waals surface area contributed by atoms with Crippen molar-refractivity contribution in [3.8, 4) is 0 Å². The number of anilines is 2. The van der Waals surface area contributed by atoms with Gasteiger partial charge in [-0.15, -0.1) is 0 Å². The number of aliphatic hydroxyl groups excluding tert-OH is 1. The van der Waals surface area contributed by atoms with Crippen molar-refractivity contribution < 1.29 is 5.11 Å². The Morgan fingerprint density at radius 1 is 1.17 bits per heavy atom. The number of aryl methyl sites for hydroxylation is 1. The Morgan fingerprint density at radius 2 is 1.89 bits per heavy atom. The summed E-state index contributed by atoms with van der Waals surface area (Å²) >= 11 is 0. The molecule has 3 heteroatoms. The lowest BCUT2D eigenvalue weighted by Crippen LogP contribution is -2.12. The second-order valence-electron chi connectivity index (χ2n) is 4.38. The lowest BCUT2D eigenvalue weighted by Gasteiger charge is -2.14. The van der Waals surface area contributed by atoms with Gasteiger partial charge in [-0.1, -0.05) is 36.4 Å². The van der Waals surface area contributed by atoms with Gasteiger partial charge in [0.1, 0.15) is 0 Å². The zero-order valence-corrected chi connectivity index (χ0v) is 10.4. The van der Waals surface area contributed by atoms with Crippen molar-refractivity contribution in [2.45, 2.75) is 13.0 Å². The number of nitrogen functional groups attached to an aromatic ring is 1. The van der Waals surface area contributed by atoms with E-state index in [9.17, 15) is 5.11 Å². The Labute approximate surface area is 107 Å². The maximum Gasteiger partial charge on any atom is 0.0962 e. The number of rotatable bonds is 4. The molecule has 0 aromatic heterocycles. The molecule has 0 aliphatic carbocycles. The number of nitrogens with two attached hydrogens (primary N) is 1. The number of hydrogen-bond donors (Lipinski definition) is 3. The quantitative estimate of drug-likeness (QED) is 0.722. The van der Waals surface area contributed by atoms with E-state index in [0.29, 0.717) is 6.54 Å². The molecule has 2 rings (SSSR count). The van der Waals surface area contributed by atoms with E-state index in [4.69, 9.17) is 5.73 Å². The van der Waals surface area contributed by atoms with Crippen molar-refractivity contribution in [1.29, 1.82) is 0 Å². The molecular weight excluding hydrogens is 224 g/mol. The smallest absolute Gasteiger partial charge is 0.0962 e. The zero-order valence-electron chi connectivity index (χ0n) is 10.4. The number of benzene rings is 2. The predicted molar refractivity (Wildman–Crippen MR) is 75.5 cm³/mol. The summed E-state index contributed by atoms with van der Waals surface area (Å²) in [5.74, 6) is 0. The molecule has 18 heavy (non-hydrogen) atoms. The van der Waals surface area contributed by atoms with Gasteiger partial charge in [0.15, 0.2) is 0 Å². The first-order valence-corrected chi connectivity index (χ1v) is 6.00. The van der Waals surface area contributed by atoms with Gasteiger partial charge < -0.3 is 16.2 Å². The van der Waals surface area contributed by atoms with E-state index in [1.54, 1.807) is 0 Å². The van der Waals surface area contributed by atoms with E-state index < -0.39 is 6.10 Å². The molecule has 0 aliphatic heterocycles. The van der Waals surface area contributed by atoms with Gasteiger partial charge in [0.2, 0.25) is 0 Å². The second kappa shape index (κ2) is 5.56. The fraction of sp³-hybridized carbons (Fsp3) is 0.200. The third-order valence-corrected chi connectivity index (χ3v) is 2.96. The summed E-state index contributed by atoms with van der Waals surface area (Å²) in [4.78, 5) is 0. The van der Waals surface area contributed by atoms with E-state index in [1.807, 2.05) is 55.5 Å². The molecule has 3 nitrogen and oxygen atoms in total. The highest BCUT2D eigenvalue weighted by Gasteiger charge is 2.06. The van der Waals surface area contributed by atoms with Crippen LogP contribution in [-0.4, -0.2) is 11.7 Å². The summed E-state index contributed by atoms with van der Waals surface area (Å²) in [7, 11) is 0. The zero-order chi connectivity index (χ0) is 13.0. The van der Waals surface area contributed by atoms with Gasteiger partial charge in [-0.25, -0.2) is 0 Å². The van der Waals surface area contributed by atoms with Crippen LogP contribution in [0.5, 0.6) is 0 Å². The fourth-order valence-corrected chi connectivity index (χ4v) is 1.76. The maximum absolute atomic E-state index is 10.0. The molecule has 1 atom stereocenters. The van der Waals surface area contributed by atoms with E-state index in [2.05, 4.69) is 5.32 Å². The summed E-state index contributed by atoms with van der Waals surface area (Å²) in [5, 5.41) is 13.2. The Kier molecular flexibility index (Phi) is 3.85. The molecule has 2 aromatic carbocycles. The lowest BCUT2D eigenvalue weighted by molar-refractivity contribution is 0.191. The number of hydrogen-bond acceptors (Lipinski definition) is 3.